The highest BCUT2D eigenvalue weighted by Crippen LogP contribution is 2.19. The van der Waals surface area contributed by atoms with Crippen LogP contribution in [-0.2, 0) is 24.2 Å². The van der Waals surface area contributed by atoms with Gasteiger partial charge >= 0.3 is 0 Å². The number of nitrogens with zero attached hydrogens (tertiary/aromatic N) is 1. The first-order valence-electron chi connectivity index (χ1n) is 8.72. The number of rotatable bonds is 6. The Morgan fingerprint density at radius 1 is 1.12 bits per heavy atom. The summed E-state index contributed by atoms with van der Waals surface area (Å²) < 4.78 is 0. The number of carbonyl (C=O) groups is 1. The molecule has 2 aromatic carbocycles. The van der Waals surface area contributed by atoms with Crippen molar-refractivity contribution < 1.29 is 4.79 Å². The fraction of sp³-hybridized carbons (Fsp3) is 0.286. The largest absolute Gasteiger partial charge is 0.361 e. The summed E-state index contributed by atoms with van der Waals surface area (Å²) in [6.07, 6.45) is 3.49. The summed E-state index contributed by atoms with van der Waals surface area (Å²) in [5, 5.41) is 1.13. The number of nitrogens with two attached hydrogens (primary N) is 1. The SMILES string of the molecule is CCc1ccc(CN(C)C(=O)[C@@H](N)Cc2c[nH]c3ccccc23)cc1. The summed E-state index contributed by atoms with van der Waals surface area (Å²) in [6.45, 7) is 2.71. The van der Waals surface area contributed by atoms with Gasteiger partial charge in [-0.1, -0.05) is 49.4 Å². The standard InChI is InChI=1S/C21H25N3O/c1-3-15-8-10-16(11-9-15)14-24(2)21(25)19(22)12-17-13-23-20-7-5-4-6-18(17)20/h4-11,13,19,23H,3,12,14,22H2,1-2H3/t19-/m0/s1. The number of hydrogen-bond donors (Lipinski definition) is 2. The van der Waals surface area contributed by atoms with Crippen molar-refractivity contribution in [3.63, 3.8) is 0 Å². The van der Waals surface area contributed by atoms with E-state index in [-0.39, 0.29) is 5.91 Å². The molecule has 0 saturated heterocycles. The van der Waals surface area contributed by atoms with Crippen LogP contribution < -0.4 is 5.73 Å². The van der Waals surface area contributed by atoms with Crippen LogP contribution in [0.4, 0.5) is 0 Å². The minimum Gasteiger partial charge on any atom is -0.361 e. The van der Waals surface area contributed by atoms with Gasteiger partial charge in [0.2, 0.25) is 5.91 Å². The molecule has 25 heavy (non-hydrogen) atoms. The second kappa shape index (κ2) is 7.53. The number of hydrogen-bond acceptors (Lipinski definition) is 2. The van der Waals surface area contributed by atoms with E-state index in [1.54, 1.807) is 4.90 Å². The number of aromatic amines is 1. The molecule has 3 N–H and O–H groups in total. The minimum atomic E-state index is -0.542. The van der Waals surface area contributed by atoms with Crippen LogP contribution in [0, 0.1) is 0 Å². The van der Waals surface area contributed by atoms with E-state index in [9.17, 15) is 4.79 Å². The van der Waals surface area contributed by atoms with E-state index in [1.165, 1.54) is 5.56 Å². The fourth-order valence-electron chi connectivity index (χ4n) is 3.14. The van der Waals surface area contributed by atoms with Crippen LogP contribution in [-0.4, -0.2) is 28.9 Å². The highest BCUT2D eigenvalue weighted by molar-refractivity contribution is 5.86. The van der Waals surface area contributed by atoms with Crippen LogP contribution in [0.25, 0.3) is 10.9 Å². The number of carbonyl (C=O) groups excluding carboxylic acids is 1. The van der Waals surface area contributed by atoms with Gasteiger partial charge in [-0.3, -0.25) is 4.79 Å². The van der Waals surface area contributed by atoms with E-state index in [0.29, 0.717) is 13.0 Å². The van der Waals surface area contributed by atoms with E-state index < -0.39 is 6.04 Å². The summed E-state index contributed by atoms with van der Waals surface area (Å²) in [4.78, 5) is 17.6. The first-order chi connectivity index (χ1) is 12.1. The summed E-state index contributed by atoms with van der Waals surface area (Å²) >= 11 is 0. The second-order valence-electron chi connectivity index (χ2n) is 6.53. The molecule has 4 heteroatoms. The monoisotopic (exact) mass is 335 g/mol. The van der Waals surface area contributed by atoms with Crippen LogP contribution >= 0.6 is 0 Å². The zero-order valence-electron chi connectivity index (χ0n) is 14.8. The summed E-state index contributed by atoms with van der Waals surface area (Å²) in [6, 6.07) is 15.9. The summed E-state index contributed by atoms with van der Waals surface area (Å²) in [7, 11) is 1.81. The number of H-pyrrole nitrogens is 1. The van der Waals surface area contributed by atoms with Gasteiger partial charge in [-0.2, -0.15) is 0 Å². The van der Waals surface area contributed by atoms with Gasteiger partial charge in [0, 0.05) is 30.7 Å². The van der Waals surface area contributed by atoms with Gasteiger partial charge < -0.3 is 15.6 Å². The van der Waals surface area contributed by atoms with E-state index in [2.05, 4.69) is 42.2 Å². The molecule has 0 radical (unpaired) electrons. The summed E-state index contributed by atoms with van der Waals surface area (Å²) in [5.74, 6) is -0.0372. The first kappa shape index (κ1) is 17.2. The minimum absolute atomic E-state index is 0.0372. The van der Waals surface area contributed by atoms with Gasteiger partial charge in [-0.25, -0.2) is 0 Å². The molecular weight excluding hydrogens is 310 g/mol. The quantitative estimate of drug-likeness (QED) is 0.726. The molecule has 0 aliphatic carbocycles. The van der Waals surface area contributed by atoms with Crippen molar-refractivity contribution in [3.8, 4) is 0 Å². The number of benzene rings is 2. The number of amides is 1. The molecule has 0 aliphatic rings. The van der Waals surface area contributed by atoms with E-state index >= 15 is 0 Å². The fourth-order valence-corrected chi connectivity index (χ4v) is 3.14. The highest BCUT2D eigenvalue weighted by atomic mass is 16.2. The Balaban J connectivity index is 1.64. The average Bonchev–Trinajstić information content (AvgIpc) is 3.04. The molecule has 0 unspecified atom stereocenters. The van der Waals surface area contributed by atoms with Crippen molar-refractivity contribution in [3.05, 3.63) is 71.4 Å². The third-order valence-corrected chi connectivity index (χ3v) is 4.66. The van der Waals surface area contributed by atoms with E-state index in [4.69, 9.17) is 5.73 Å². The molecule has 0 fully saturated rings. The Hall–Kier alpha value is -2.59. The molecule has 3 rings (SSSR count). The molecule has 1 amide bonds. The lowest BCUT2D eigenvalue weighted by molar-refractivity contribution is -0.131. The van der Waals surface area contributed by atoms with Crippen LogP contribution in [0.15, 0.2) is 54.7 Å². The smallest absolute Gasteiger partial charge is 0.239 e. The van der Waals surface area contributed by atoms with Crippen LogP contribution in [0.1, 0.15) is 23.6 Å². The molecular formula is C21H25N3O. The number of likely N-dealkylation sites (N-methyl/N-ethyl adjacent to an activating group) is 1. The van der Waals surface area contributed by atoms with Crippen LogP contribution in [0.3, 0.4) is 0 Å². The van der Waals surface area contributed by atoms with Crippen LogP contribution in [0.2, 0.25) is 0 Å². The summed E-state index contributed by atoms with van der Waals surface area (Å²) in [5.41, 5.74) is 10.8. The van der Waals surface area contributed by atoms with Crippen molar-refractivity contribution in [1.82, 2.24) is 9.88 Å². The molecule has 3 aromatic rings. The maximum Gasteiger partial charge on any atom is 0.239 e. The predicted molar refractivity (Wildman–Crippen MR) is 102 cm³/mol. The Bertz CT molecular complexity index is 851. The van der Waals surface area contributed by atoms with Crippen molar-refractivity contribution in [2.24, 2.45) is 5.73 Å². The zero-order chi connectivity index (χ0) is 17.8. The van der Waals surface area contributed by atoms with Gasteiger partial charge in [0.25, 0.3) is 0 Å². The Kier molecular flexibility index (Phi) is 5.19. The van der Waals surface area contributed by atoms with Crippen molar-refractivity contribution >= 4 is 16.8 Å². The molecule has 0 spiro atoms. The van der Waals surface area contributed by atoms with Crippen molar-refractivity contribution in [2.45, 2.75) is 32.4 Å². The lowest BCUT2D eigenvalue weighted by Gasteiger charge is -2.21. The van der Waals surface area contributed by atoms with Gasteiger partial charge in [-0.05, 0) is 35.6 Å². The molecule has 130 valence electrons. The topological polar surface area (TPSA) is 62.1 Å². The van der Waals surface area contributed by atoms with Crippen LogP contribution in [0.5, 0.6) is 0 Å². The Morgan fingerprint density at radius 2 is 1.80 bits per heavy atom. The molecule has 0 bridgehead atoms. The molecule has 0 aliphatic heterocycles. The predicted octanol–water partition coefficient (Wildman–Crippen LogP) is 3.26. The molecule has 1 atom stereocenters. The van der Waals surface area contributed by atoms with Gasteiger partial charge in [0.05, 0.1) is 6.04 Å². The lowest BCUT2D eigenvalue weighted by Crippen LogP contribution is -2.42. The average molecular weight is 335 g/mol. The number of fused-ring (bicyclic) bond motifs is 1. The van der Waals surface area contributed by atoms with Gasteiger partial charge in [0.1, 0.15) is 0 Å². The van der Waals surface area contributed by atoms with E-state index in [1.807, 2.05) is 31.4 Å². The Labute approximate surface area is 148 Å². The third kappa shape index (κ3) is 3.91. The van der Waals surface area contributed by atoms with E-state index in [0.717, 1.165) is 28.5 Å². The molecule has 1 aromatic heterocycles. The molecule has 4 nitrogen and oxygen atoms in total. The van der Waals surface area contributed by atoms with Gasteiger partial charge in [0.15, 0.2) is 0 Å². The normalized spacial score (nSPS) is 12.3. The maximum atomic E-state index is 12.6. The maximum absolute atomic E-state index is 12.6. The van der Waals surface area contributed by atoms with Crippen molar-refractivity contribution in [2.75, 3.05) is 7.05 Å². The molecule has 1 heterocycles. The number of aromatic nitrogens is 1. The highest BCUT2D eigenvalue weighted by Gasteiger charge is 2.20. The third-order valence-electron chi connectivity index (χ3n) is 4.66. The van der Waals surface area contributed by atoms with Crippen molar-refractivity contribution in [1.29, 1.82) is 0 Å². The number of para-hydroxylation sites is 1. The number of nitrogens with one attached hydrogen (secondary N) is 1. The molecule has 0 saturated carbocycles. The second-order valence-corrected chi connectivity index (χ2v) is 6.53. The number of aryl methyl sites for hydroxylation is 1. The van der Waals surface area contributed by atoms with Gasteiger partial charge in [-0.15, -0.1) is 0 Å². The zero-order valence-corrected chi connectivity index (χ0v) is 14.8. The lowest BCUT2D eigenvalue weighted by atomic mass is 10.0. The Morgan fingerprint density at radius 3 is 2.52 bits per heavy atom. The first-order valence-corrected chi connectivity index (χ1v) is 8.72.